The minimum atomic E-state index is 0.0555. The van der Waals surface area contributed by atoms with E-state index < -0.39 is 0 Å². The Morgan fingerprint density at radius 2 is 1.68 bits per heavy atom. The summed E-state index contributed by atoms with van der Waals surface area (Å²) in [6.07, 6.45) is 4.34. The summed E-state index contributed by atoms with van der Waals surface area (Å²) in [6.45, 7) is 2.88. The predicted octanol–water partition coefficient (Wildman–Crippen LogP) is 0.873. The number of carbonyl (C=O) groups excluding carboxylic acids is 3. The molecule has 2 aliphatic rings. The molecule has 2 rings (SSSR count). The van der Waals surface area contributed by atoms with Gasteiger partial charge in [-0.15, -0.1) is 0 Å². The molecule has 1 heterocycles. The summed E-state index contributed by atoms with van der Waals surface area (Å²) >= 11 is 0. The van der Waals surface area contributed by atoms with E-state index in [1.807, 2.05) is 4.90 Å². The van der Waals surface area contributed by atoms with Crippen LogP contribution in [0.15, 0.2) is 0 Å². The van der Waals surface area contributed by atoms with E-state index in [9.17, 15) is 14.4 Å². The van der Waals surface area contributed by atoms with Crippen LogP contribution >= 0.6 is 0 Å². The highest BCUT2D eigenvalue weighted by Gasteiger charge is 2.32. The first-order valence-electron chi connectivity index (χ1n) is 7.14. The van der Waals surface area contributed by atoms with E-state index in [2.05, 4.69) is 5.32 Å². The van der Waals surface area contributed by atoms with Gasteiger partial charge in [-0.05, 0) is 32.6 Å². The molecule has 5 heteroatoms. The summed E-state index contributed by atoms with van der Waals surface area (Å²) in [5.74, 6) is 0.540. The lowest BCUT2D eigenvalue weighted by Gasteiger charge is -2.32. The zero-order chi connectivity index (χ0) is 13.8. The van der Waals surface area contributed by atoms with Crippen LogP contribution in [0.1, 0.15) is 45.4 Å². The molecule has 1 saturated heterocycles. The topological polar surface area (TPSA) is 66.5 Å². The molecule has 0 aromatic rings. The normalized spacial score (nSPS) is 20.2. The van der Waals surface area contributed by atoms with Gasteiger partial charge >= 0.3 is 0 Å². The fraction of sp³-hybridized carbons (Fsp3) is 0.786. The van der Waals surface area contributed by atoms with Crippen LogP contribution in [0.2, 0.25) is 0 Å². The van der Waals surface area contributed by atoms with Crippen LogP contribution in [0.3, 0.4) is 0 Å². The Bertz CT molecular complexity index is 369. The van der Waals surface area contributed by atoms with E-state index in [1.54, 1.807) is 0 Å². The molecule has 0 bridgehead atoms. The molecule has 0 aromatic carbocycles. The van der Waals surface area contributed by atoms with Crippen molar-refractivity contribution in [3.8, 4) is 0 Å². The molecule has 19 heavy (non-hydrogen) atoms. The third kappa shape index (κ3) is 4.33. The summed E-state index contributed by atoms with van der Waals surface area (Å²) in [5.41, 5.74) is 0. The van der Waals surface area contributed by atoms with Crippen LogP contribution in [-0.4, -0.2) is 41.6 Å². The first-order valence-corrected chi connectivity index (χ1v) is 7.14. The highest BCUT2D eigenvalue weighted by molar-refractivity contribution is 5.83. The van der Waals surface area contributed by atoms with Gasteiger partial charge in [0.05, 0.1) is 0 Å². The van der Waals surface area contributed by atoms with Gasteiger partial charge in [0.15, 0.2) is 0 Å². The molecule has 0 atom stereocenters. The third-order valence-corrected chi connectivity index (χ3v) is 3.83. The van der Waals surface area contributed by atoms with E-state index in [4.69, 9.17) is 0 Å². The number of carbonyl (C=O) groups is 3. The van der Waals surface area contributed by atoms with E-state index >= 15 is 0 Å². The van der Waals surface area contributed by atoms with Gasteiger partial charge in [0, 0.05) is 37.9 Å². The van der Waals surface area contributed by atoms with Crippen LogP contribution < -0.4 is 5.32 Å². The average Bonchev–Trinajstić information content (AvgIpc) is 3.21. The molecular weight excluding hydrogens is 244 g/mol. The number of hydrogen-bond donors (Lipinski definition) is 1. The highest BCUT2D eigenvalue weighted by Crippen LogP contribution is 2.29. The standard InChI is InChI=1S/C14H22N2O3/c1-10(17)2-5-13(18)16-8-6-12(7-9-16)15-14(19)11-3-4-11/h11-12H,2-9H2,1H3,(H,15,19). The second kappa shape index (κ2) is 6.17. The maximum atomic E-state index is 11.8. The first kappa shape index (κ1) is 14.0. The van der Waals surface area contributed by atoms with Crippen molar-refractivity contribution in [2.45, 2.75) is 51.5 Å². The molecule has 106 valence electrons. The quantitative estimate of drug-likeness (QED) is 0.803. The minimum absolute atomic E-state index is 0.0555. The van der Waals surface area contributed by atoms with Gasteiger partial charge in [0.25, 0.3) is 0 Å². The molecule has 5 nitrogen and oxygen atoms in total. The van der Waals surface area contributed by atoms with Crippen LogP contribution in [0.5, 0.6) is 0 Å². The molecule has 0 unspecified atom stereocenters. The molecule has 0 radical (unpaired) electrons. The number of Topliss-reactive ketones (excluding diaryl/α,β-unsaturated/α-hetero) is 1. The molecule has 0 aromatic heterocycles. The van der Waals surface area contributed by atoms with Crippen molar-refractivity contribution in [1.29, 1.82) is 0 Å². The first-order chi connectivity index (χ1) is 9.06. The van der Waals surface area contributed by atoms with E-state index in [0.29, 0.717) is 25.9 Å². The van der Waals surface area contributed by atoms with Crippen molar-refractivity contribution in [2.24, 2.45) is 5.92 Å². The number of amides is 2. The van der Waals surface area contributed by atoms with Crippen LogP contribution in [0, 0.1) is 5.92 Å². The summed E-state index contributed by atoms with van der Waals surface area (Å²) in [5, 5.41) is 3.06. The number of nitrogens with zero attached hydrogens (tertiary/aromatic N) is 1. The zero-order valence-corrected chi connectivity index (χ0v) is 11.5. The minimum Gasteiger partial charge on any atom is -0.353 e. The van der Waals surface area contributed by atoms with Gasteiger partial charge < -0.3 is 15.0 Å². The Morgan fingerprint density at radius 3 is 2.21 bits per heavy atom. The van der Waals surface area contributed by atoms with E-state index in [1.165, 1.54) is 6.92 Å². The Morgan fingerprint density at radius 1 is 1.05 bits per heavy atom. The van der Waals surface area contributed by atoms with Gasteiger partial charge in [-0.25, -0.2) is 0 Å². The maximum Gasteiger partial charge on any atom is 0.223 e. The molecule has 1 N–H and O–H groups in total. The molecule has 0 spiro atoms. The fourth-order valence-corrected chi connectivity index (χ4v) is 2.38. The summed E-state index contributed by atoms with van der Waals surface area (Å²) in [7, 11) is 0. The number of hydrogen-bond acceptors (Lipinski definition) is 3. The fourth-order valence-electron chi connectivity index (χ4n) is 2.38. The van der Waals surface area contributed by atoms with Gasteiger partial charge in [0.1, 0.15) is 5.78 Å². The number of ketones is 1. The third-order valence-electron chi connectivity index (χ3n) is 3.83. The number of likely N-dealkylation sites (tertiary alicyclic amines) is 1. The summed E-state index contributed by atoms with van der Waals surface area (Å²) in [6, 6.07) is 0.213. The van der Waals surface area contributed by atoms with Crippen LogP contribution in [0.4, 0.5) is 0 Å². The van der Waals surface area contributed by atoms with Crippen molar-refractivity contribution in [1.82, 2.24) is 10.2 Å². The monoisotopic (exact) mass is 266 g/mol. The second-order valence-corrected chi connectivity index (χ2v) is 5.64. The van der Waals surface area contributed by atoms with E-state index in [-0.39, 0.29) is 29.6 Å². The van der Waals surface area contributed by atoms with Crippen molar-refractivity contribution >= 4 is 17.6 Å². The predicted molar refractivity (Wildman–Crippen MR) is 70.4 cm³/mol. The van der Waals surface area contributed by atoms with Crippen molar-refractivity contribution in [2.75, 3.05) is 13.1 Å². The van der Waals surface area contributed by atoms with Gasteiger partial charge in [-0.3, -0.25) is 9.59 Å². The molecule has 2 fully saturated rings. The summed E-state index contributed by atoms with van der Waals surface area (Å²) in [4.78, 5) is 36.1. The highest BCUT2D eigenvalue weighted by atomic mass is 16.2. The van der Waals surface area contributed by atoms with E-state index in [0.717, 1.165) is 25.7 Å². The molecule has 2 amide bonds. The number of nitrogens with one attached hydrogen (secondary N) is 1. The van der Waals surface area contributed by atoms with Crippen LogP contribution in [-0.2, 0) is 14.4 Å². The van der Waals surface area contributed by atoms with Crippen molar-refractivity contribution in [3.05, 3.63) is 0 Å². The van der Waals surface area contributed by atoms with Gasteiger partial charge in [0.2, 0.25) is 11.8 Å². The Balaban J connectivity index is 1.67. The van der Waals surface area contributed by atoms with Gasteiger partial charge in [-0.1, -0.05) is 0 Å². The second-order valence-electron chi connectivity index (χ2n) is 5.64. The van der Waals surface area contributed by atoms with Gasteiger partial charge in [-0.2, -0.15) is 0 Å². The lowest BCUT2D eigenvalue weighted by molar-refractivity contribution is -0.134. The lowest BCUT2D eigenvalue weighted by Crippen LogP contribution is -2.46. The Labute approximate surface area is 113 Å². The SMILES string of the molecule is CC(=O)CCC(=O)N1CCC(NC(=O)C2CC2)CC1. The van der Waals surface area contributed by atoms with Crippen molar-refractivity contribution < 1.29 is 14.4 Å². The van der Waals surface area contributed by atoms with Crippen molar-refractivity contribution in [3.63, 3.8) is 0 Å². The maximum absolute atomic E-state index is 11.8. The molecule has 1 aliphatic heterocycles. The summed E-state index contributed by atoms with van der Waals surface area (Å²) < 4.78 is 0. The Hall–Kier alpha value is -1.39. The average molecular weight is 266 g/mol. The Kier molecular flexibility index (Phi) is 4.56. The largest absolute Gasteiger partial charge is 0.353 e. The molecule has 1 saturated carbocycles. The zero-order valence-electron chi connectivity index (χ0n) is 11.5. The smallest absolute Gasteiger partial charge is 0.223 e. The molecule has 1 aliphatic carbocycles. The molecular formula is C14H22N2O3. The lowest BCUT2D eigenvalue weighted by atomic mass is 10.0. The number of piperidine rings is 1. The van der Waals surface area contributed by atoms with Crippen LogP contribution in [0.25, 0.3) is 0 Å². The number of rotatable bonds is 5.